The third kappa shape index (κ3) is 4.00. The minimum absolute atomic E-state index is 0.0657. The molecule has 1 aromatic heterocycles. The molecule has 1 amide bonds. The first-order chi connectivity index (χ1) is 11.6. The van der Waals surface area contributed by atoms with E-state index in [1.807, 2.05) is 42.5 Å². The van der Waals surface area contributed by atoms with E-state index in [1.54, 1.807) is 29.0 Å². The largest absolute Gasteiger partial charge is 0.322 e. The molecule has 0 spiro atoms. The average Bonchev–Trinajstić information content (AvgIpc) is 2.60. The first-order valence-corrected chi connectivity index (χ1v) is 8.22. The molecule has 0 aliphatic carbocycles. The number of hydrogen-bond donors (Lipinski definition) is 1. The normalized spacial score (nSPS) is 10.4. The first-order valence-electron chi connectivity index (χ1n) is 7.43. The average molecular weight is 383 g/mol. The molecular weight excluding hydrogens is 368 g/mol. The lowest BCUT2D eigenvalue weighted by Gasteiger charge is -2.08. The van der Waals surface area contributed by atoms with Gasteiger partial charge in [-0.3, -0.25) is 9.59 Å². The number of amides is 1. The molecular formula is C19H15BrN2O2. The molecule has 0 fully saturated rings. The summed E-state index contributed by atoms with van der Waals surface area (Å²) in [6.07, 6.45) is 1.75. The molecule has 120 valence electrons. The van der Waals surface area contributed by atoms with Gasteiger partial charge >= 0.3 is 0 Å². The van der Waals surface area contributed by atoms with Crippen LogP contribution in [0, 0.1) is 0 Å². The lowest BCUT2D eigenvalue weighted by molar-refractivity contribution is 0.102. The van der Waals surface area contributed by atoms with Gasteiger partial charge in [0.05, 0.1) is 6.54 Å². The van der Waals surface area contributed by atoms with Gasteiger partial charge in [0, 0.05) is 28.0 Å². The van der Waals surface area contributed by atoms with Crippen LogP contribution in [-0.4, -0.2) is 10.5 Å². The summed E-state index contributed by atoms with van der Waals surface area (Å²) >= 11 is 3.36. The summed E-state index contributed by atoms with van der Waals surface area (Å²) in [5, 5.41) is 2.84. The SMILES string of the molecule is O=C(Nc1ccccc1)c1ccc(Cn2cc(Br)ccc2=O)cc1. The number of nitrogens with one attached hydrogen (secondary N) is 1. The van der Waals surface area contributed by atoms with Crippen molar-refractivity contribution in [3.63, 3.8) is 0 Å². The van der Waals surface area contributed by atoms with E-state index in [0.717, 1.165) is 15.7 Å². The zero-order chi connectivity index (χ0) is 16.9. The van der Waals surface area contributed by atoms with Crippen molar-refractivity contribution in [2.24, 2.45) is 0 Å². The highest BCUT2D eigenvalue weighted by Gasteiger charge is 2.06. The third-order valence-electron chi connectivity index (χ3n) is 3.55. The number of halogens is 1. The van der Waals surface area contributed by atoms with E-state index < -0.39 is 0 Å². The molecule has 0 saturated heterocycles. The standard InChI is InChI=1S/C19H15BrN2O2/c20-16-10-11-18(23)22(13-16)12-14-6-8-15(9-7-14)19(24)21-17-4-2-1-3-5-17/h1-11,13H,12H2,(H,21,24). The minimum atomic E-state index is -0.160. The van der Waals surface area contributed by atoms with Crippen LogP contribution < -0.4 is 10.9 Å². The Labute approximate surface area is 147 Å². The predicted octanol–water partition coefficient (Wildman–Crippen LogP) is 3.91. The smallest absolute Gasteiger partial charge is 0.255 e. The summed E-state index contributed by atoms with van der Waals surface area (Å²) in [5.41, 5.74) is 2.21. The van der Waals surface area contributed by atoms with Crippen LogP contribution in [0.15, 0.2) is 82.2 Å². The van der Waals surface area contributed by atoms with Crippen molar-refractivity contribution in [3.05, 3.63) is 98.9 Å². The molecule has 0 aliphatic rings. The zero-order valence-electron chi connectivity index (χ0n) is 12.8. The van der Waals surface area contributed by atoms with Crippen molar-refractivity contribution in [2.75, 3.05) is 5.32 Å². The Balaban J connectivity index is 1.72. The molecule has 1 N–H and O–H groups in total. The van der Waals surface area contributed by atoms with Crippen LogP contribution in [0.1, 0.15) is 15.9 Å². The lowest BCUT2D eigenvalue weighted by Crippen LogP contribution is -2.19. The van der Waals surface area contributed by atoms with Crippen molar-refractivity contribution < 1.29 is 4.79 Å². The maximum Gasteiger partial charge on any atom is 0.255 e. The molecule has 3 aromatic rings. The fourth-order valence-electron chi connectivity index (χ4n) is 2.31. The van der Waals surface area contributed by atoms with Gasteiger partial charge < -0.3 is 9.88 Å². The molecule has 0 bridgehead atoms. The van der Waals surface area contributed by atoms with Crippen LogP contribution in [0.25, 0.3) is 0 Å². The van der Waals surface area contributed by atoms with Crippen molar-refractivity contribution in [1.29, 1.82) is 0 Å². The molecule has 3 rings (SSSR count). The van der Waals surface area contributed by atoms with E-state index in [1.165, 1.54) is 6.07 Å². The Bertz CT molecular complexity index is 903. The van der Waals surface area contributed by atoms with Gasteiger partial charge in [-0.05, 0) is 51.8 Å². The van der Waals surface area contributed by atoms with E-state index in [9.17, 15) is 9.59 Å². The molecule has 2 aromatic carbocycles. The number of para-hydroxylation sites is 1. The van der Waals surface area contributed by atoms with Crippen LogP contribution in [0.4, 0.5) is 5.69 Å². The number of pyridine rings is 1. The van der Waals surface area contributed by atoms with Crippen LogP contribution in [-0.2, 0) is 6.54 Å². The van der Waals surface area contributed by atoms with E-state index in [2.05, 4.69) is 21.2 Å². The molecule has 0 radical (unpaired) electrons. The monoisotopic (exact) mass is 382 g/mol. The number of anilines is 1. The van der Waals surface area contributed by atoms with Gasteiger partial charge in [-0.25, -0.2) is 0 Å². The Morgan fingerprint density at radius 3 is 2.38 bits per heavy atom. The van der Waals surface area contributed by atoms with Gasteiger partial charge in [-0.2, -0.15) is 0 Å². The second-order valence-electron chi connectivity index (χ2n) is 5.33. The van der Waals surface area contributed by atoms with E-state index in [4.69, 9.17) is 0 Å². The fraction of sp³-hybridized carbons (Fsp3) is 0.0526. The highest BCUT2D eigenvalue weighted by Crippen LogP contribution is 2.11. The quantitative estimate of drug-likeness (QED) is 0.743. The molecule has 0 atom stereocenters. The highest BCUT2D eigenvalue weighted by atomic mass is 79.9. The minimum Gasteiger partial charge on any atom is -0.322 e. The van der Waals surface area contributed by atoms with E-state index in [-0.39, 0.29) is 11.5 Å². The number of aromatic nitrogens is 1. The van der Waals surface area contributed by atoms with Crippen molar-refractivity contribution in [3.8, 4) is 0 Å². The van der Waals surface area contributed by atoms with Gasteiger partial charge in [0.1, 0.15) is 0 Å². The summed E-state index contributed by atoms with van der Waals surface area (Å²) in [6, 6.07) is 19.8. The van der Waals surface area contributed by atoms with Crippen LogP contribution in [0.3, 0.4) is 0 Å². The summed E-state index contributed by atoms with van der Waals surface area (Å²) in [4.78, 5) is 24.0. The van der Waals surface area contributed by atoms with Crippen molar-refractivity contribution in [1.82, 2.24) is 4.57 Å². The summed E-state index contributed by atoms with van der Waals surface area (Å²) in [5.74, 6) is -0.160. The number of rotatable bonds is 4. The maximum atomic E-state index is 12.2. The summed E-state index contributed by atoms with van der Waals surface area (Å²) in [7, 11) is 0. The number of benzene rings is 2. The molecule has 5 heteroatoms. The summed E-state index contributed by atoms with van der Waals surface area (Å²) in [6.45, 7) is 0.457. The molecule has 1 heterocycles. The number of hydrogen-bond acceptors (Lipinski definition) is 2. The predicted molar refractivity (Wildman–Crippen MR) is 98.3 cm³/mol. The Morgan fingerprint density at radius 1 is 0.958 bits per heavy atom. The van der Waals surface area contributed by atoms with Gasteiger partial charge in [0.15, 0.2) is 0 Å². The second kappa shape index (κ2) is 7.27. The fourth-order valence-corrected chi connectivity index (χ4v) is 2.69. The molecule has 24 heavy (non-hydrogen) atoms. The molecule has 0 saturated carbocycles. The maximum absolute atomic E-state index is 12.2. The zero-order valence-corrected chi connectivity index (χ0v) is 14.4. The van der Waals surface area contributed by atoms with Gasteiger partial charge in [0.2, 0.25) is 0 Å². The van der Waals surface area contributed by atoms with Gasteiger partial charge in [-0.15, -0.1) is 0 Å². The first kappa shape index (κ1) is 16.2. The molecule has 0 aliphatic heterocycles. The van der Waals surface area contributed by atoms with Crippen LogP contribution in [0.2, 0.25) is 0 Å². The number of carbonyl (C=O) groups excluding carboxylic acids is 1. The Hall–Kier alpha value is -2.66. The van der Waals surface area contributed by atoms with E-state index >= 15 is 0 Å². The third-order valence-corrected chi connectivity index (χ3v) is 4.02. The van der Waals surface area contributed by atoms with Crippen LogP contribution >= 0.6 is 15.9 Å². The number of carbonyl (C=O) groups is 1. The Kier molecular flexibility index (Phi) is 4.91. The number of nitrogens with zero attached hydrogens (tertiary/aromatic N) is 1. The lowest BCUT2D eigenvalue weighted by atomic mass is 10.1. The highest BCUT2D eigenvalue weighted by molar-refractivity contribution is 9.10. The van der Waals surface area contributed by atoms with Crippen molar-refractivity contribution >= 4 is 27.5 Å². The molecule has 0 unspecified atom stereocenters. The molecule has 4 nitrogen and oxygen atoms in total. The summed E-state index contributed by atoms with van der Waals surface area (Å²) < 4.78 is 2.46. The van der Waals surface area contributed by atoms with Gasteiger partial charge in [-0.1, -0.05) is 30.3 Å². The Morgan fingerprint density at radius 2 is 1.67 bits per heavy atom. The van der Waals surface area contributed by atoms with E-state index in [0.29, 0.717) is 12.1 Å². The van der Waals surface area contributed by atoms with Crippen molar-refractivity contribution in [2.45, 2.75) is 6.54 Å². The second-order valence-corrected chi connectivity index (χ2v) is 6.25. The van der Waals surface area contributed by atoms with Crippen LogP contribution in [0.5, 0.6) is 0 Å². The topological polar surface area (TPSA) is 51.1 Å². The van der Waals surface area contributed by atoms with Gasteiger partial charge in [0.25, 0.3) is 11.5 Å².